The molecule has 2 nitrogen and oxygen atoms in total. The van der Waals surface area contributed by atoms with E-state index in [1.807, 2.05) is 0 Å². The molecule has 0 bridgehead atoms. The van der Waals surface area contributed by atoms with Gasteiger partial charge < -0.3 is 10.2 Å². The fourth-order valence-corrected chi connectivity index (χ4v) is 3.72. The van der Waals surface area contributed by atoms with Crippen LogP contribution in [0.5, 0.6) is 0 Å². The zero-order chi connectivity index (χ0) is 13.0. The van der Waals surface area contributed by atoms with Crippen LogP contribution < -0.4 is 5.32 Å². The van der Waals surface area contributed by atoms with E-state index in [2.05, 4.69) is 31.1 Å². The number of rotatable bonds is 4. The number of likely N-dealkylation sites (N-methyl/N-ethyl adjacent to an activating group) is 1. The molecule has 0 aromatic heterocycles. The van der Waals surface area contributed by atoms with Crippen molar-refractivity contribution in [2.75, 3.05) is 20.1 Å². The number of piperidine rings is 1. The van der Waals surface area contributed by atoms with E-state index >= 15 is 0 Å². The van der Waals surface area contributed by atoms with Crippen LogP contribution in [0.3, 0.4) is 0 Å². The molecule has 0 spiro atoms. The summed E-state index contributed by atoms with van der Waals surface area (Å²) < 4.78 is 0. The number of likely N-dealkylation sites (tertiary alicyclic amines) is 1. The van der Waals surface area contributed by atoms with E-state index < -0.39 is 0 Å². The summed E-state index contributed by atoms with van der Waals surface area (Å²) in [5.41, 5.74) is 0. The van der Waals surface area contributed by atoms with Gasteiger partial charge in [-0.15, -0.1) is 0 Å². The van der Waals surface area contributed by atoms with E-state index in [0.29, 0.717) is 0 Å². The van der Waals surface area contributed by atoms with E-state index in [4.69, 9.17) is 0 Å². The van der Waals surface area contributed by atoms with Gasteiger partial charge in [0, 0.05) is 18.6 Å². The van der Waals surface area contributed by atoms with Crippen LogP contribution in [0.4, 0.5) is 0 Å². The summed E-state index contributed by atoms with van der Waals surface area (Å²) in [4.78, 5) is 2.55. The van der Waals surface area contributed by atoms with Crippen LogP contribution in [-0.2, 0) is 0 Å². The van der Waals surface area contributed by atoms with Crippen LogP contribution in [0, 0.1) is 11.8 Å². The van der Waals surface area contributed by atoms with Gasteiger partial charge in [0.15, 0.2) is 0 Å². The third-order valence-corrected chi connectivity index (χ3v) is 5.22. The maximum absolute atomic E-state index is 3.86. The summed E-state index contributed by atoms with van der Waals surface area (Å²) in [5, 5.41) is 3.86. The summed E-state index contributed by atoms with van der Waals surface area (Å²) in [5.74, 6) is 1.83. The Hall–Kier alpha value is -0.0800. The van der Waals surface area contributed by atoms with Gasteiger partial charge in [0.25, 0.3) is 0 Å². The third-order valence-electron chi connectivity index (χ3n) is 5.22. The van der Waals surface area contributed by atoms with E-state index in [9.17, 15) is 0 Å². The molecule has 1 aliphatic carbocycles. The highest BCUT2D eigenvalue weighted by molar-refractivity contribution is 4.83. The first-order chi connectivity index (χ1) is 8.66. The predicted octanol–water partition coefficient (Wildman–Crippen LogP) is 3.28. The second-order valence-electron chi connectivity index (χ2n) is 6.91. The molecule has 0 amide bonds. The fraction of sp³-hybridized carbons (Fsp3) is 1.00. The van der Waals surface area contributed by atoms with Crippen molar-refractivity contribution < 1.29 is 0 Å². The van der Waals surface area contributed by atoms with Gasteiger partial charge in [-0.25, -0.2) is 0 Å². The maximum Gasteiger partial charge on any atom is 0.0217 e. The normalized spacial score (nSPS) is 35.0. The molecule has 2 aliphatic rings. The standard InChI is InChI=1S/C16H32N2/c1-13(2)14-7-6-8-15(11-14)17-12-16-9-4-5-10-18(16)3/h13-17H,4-12H2,1-3H3. The molecular weight excluding hydrogens is 220 g/mol. The summed E-state index contributed by atoms with van der Waals surface area (Å²) in [6.45, 7) is 7.29. The minimum atomic E-state index is 0.790. The molecule has 1 saturated carbocycles. The van der Waals surface area contributed by atoms with Gasteiger partial charge >= 0.3 is 0 Å². The Morgan fingerprint density at radius 2 is 1.94 bits per heavy atom. The largest absolute Gasteiger partial charge is 0.312 e. The highest BCUT2D eigenvalue weighted by atomic mass is 15.2. The molecule has 3 atom stereocenters. The summed E-state index contributed by atoms with van der Waals surface area (Å²) in [7, 11) is 2.29. The lowest BCUT2D eigenvalue weighted by Gasteiger charge is -2.36. The van der Waals surface area contributed by atoms with E-state index in [1.54, 1.807) is 0 Å². The van der Waals surface area contributed by atoms with Crippen molar-refractivity contribution in [3.8, 4) is 0 Å². The molecule has 1 N–H and O–H groups in total. The molecule has 106 valence electrons. The zero-order valence-corrected chi connectivity index (χ0v) is 12.6. The summed E-state index contributed by atoms with van der Waals surface area (Å²) >= 11 is 0. The fourth-order valence-electron chi connectivity index (χ4n) is 3.72. The van der Waals surface area contributed by atoms with Crippen molar-refractivity contribution in [3.05, 3.63) is 0 Å². The molecule has 2 heteroatoms. The second-order valence-corrected chi connectivity index (χ2v) is 6.91. The molecule has 1 heterocycles. The van der Waals surface area contributed by atoms with Gasteiger partial charge in [-0.05, 0) is 51.1 Å². The SMILES string of the molecule is CC(C)C1CCCC(NCC2CCCCN2C)C1. The molecule has 0 aromatic carbocycles. The zero-order valence-electron chi connectivity index (χ0n) is 12.6. The molecule has 2 fully saturated rings. The first kappa shape index (κ1) is 14.3. The van der Waals surface area contributed by atoms with Crippen molar-refractivity contribution in [2.24, 2.45) is 11.8 Å². The lowest BCUT2D eigenvalue weighted by molar-refractivity contribution is 0.165. The molecule has 2 rings (SSSR count). The predicted molar refractivity (Wildman–Crippen MR) is 78.9 cm³/mol. The van der Waals surface area contributed by atoms with Gasteiger partial charge in [0.2, 0.25) is 0 Å². The van der Waals surface area contributed by atoms with Crippen LogP contribution >= 0.6 is 0 Å². The van der Waals surface area contributed by atoms with Crippen molar-refractivity contribution in [3.63, 3.8) is 0 Å². The molecule has 1 aliphatic heterocycles. The highest BCUT2D eigenvalue weighted by Gasteiger charge is 2.25. The number of hydrogen-bond donors (Lipinski definition) is 1. The van der Waals surface area contributed by atoms with Gasteiger partial charge in [-0.3, -0.25) is 0 Å². The third kappa shape index (κ3) is 3.96. The van der Waals surface area contributed by atoms with Crippen LogP contribution in [0.2, 0.25) is 0 Å². The highest BCUT2D eigenvalue weighted by Crippen LogP contribution is 2.30. The molecule has 0 radical (unpaired) electrons. The average molecular weight is 252 g/mol. The molecule has 1 saturated heterocycles. The number of hydrogen-bond acceptors (Lipinski definition) is 2. The molecule has 0 aromatic rings. The average Bonchev–Trinajstić information content (AvgIpc) is 2.38. The lowest BCUT2D eigenvalue weighted by Crippen LogP contribution is -2.46. The Morgan fingerprint density at radius 3 is 2.67 bits per heavy atom. The topological polar surface area (TPSA) is 15.3 Å². The minimum absolute atomic E-state index is 0.790. The van der Waals surface area contributed by atoms with Crippen LogP contribution in [0.25, 0.3) is 0 Å². The van der Waals surface area contributed by atoms with E-state index in [1.165, 1.54) is 58.0 Å². The van der Waals surface area contributed by atoms with Gasteiger partial charge in [-0.2, -0.15) is 0 Å². The van der Waals surface area contributed by atoms with Gasteiger partial charge in [-0.1, -0.05) is 33.1 Å². The maximum atomic E-state index is 3.86. The Bertz CT molecular complexity index is 239. The van der Waals surface area contributed by atoms with E-state index in [0.717, 1.165) is 23.9 Å². The molecule has 18 heavy (non-hydrogen) atoms. The Kier molecular flexibility index (Phi) is 5.50. The molecule has 3 unspecified atom stereocenters. The van der Waals surface area contributed by atoms with Crippen molar-refractivity contribution in [1.82, 2.24) is 10.2 Å². The first-order valence-electron chi connectivity index (χ1n) is 8.10. The van der Waals surface area contributed by atoms with Gasteiger partial charge in [0.05, 0.1) is 0 Å². The monoisotopic (exact) mass is 252 g/mol. The second kappa shape index (κ2) is 6.91. The smallest absolute Gasteiger partial charge is 0.0217 e. The lowest BCUT2D eigenvalue weighted by atomic mass is 9.79. The minimum Gasteiger partial charge on any atom is -0.312 e. The molecular formula is C16H32N2. The van der Waals surface area contributed by atoms with Gasteiger partial charge in [0.1, 0.15) is 0 Å². The Labute approximate surface area is 114 Å². The summed E-state index contributed by atoms with van der Waals surface area (Å²) in [6.07, 6.45) is 9.92. The van der Waals surface area contributed by atoms with Crippen molar-refractivity contribution in [1.29, 1.82) is 0 Å². The number of nitrogens with one attached hydrogen (secondary N) is 1. The Morgan fingerprint density at radius 1 is 1.11 bits per heavy atom. The summed E-state index contributed by atoms with van der Waals surface area (Å²) in [6, 6.07) is 1.58. The quantitative estimate of drug-likeness (QED) is 0.826. The van der Waals surface area contributed by atoms with Crippen molar-refractivity contribution >= 4 is 0 Å². The van der Waals surface area contributed by atoms with Crippen molar-refractivity contribution in [2.45, 2.75) is 70.9 Å². The van der Waals surface area contributed by atoms with Crippen LogP contribution in [0.1, 0.15) is 58.8 Å². The first-order valence-corrected chi connectivity index (χ1v) is 8.10. The van der Waals surface area contributed by atoms with Crippen LogP contribution in [-0.4, -0.2) is 37.1 Å². The number of nitrogens with zero attached hydrogens (tertiary/aromatic N) is 1. The van der Waals surface area contributed by atoms with Crippen LogP contribution in [0.15, 0.2) is 0 Å². The van der Waals surface area contributed by atoms with E-state index in [-0.39, 0.29) is 0 Å². The Balaban J connectivity index is 1.72.